The summed E-state index contributed by atoms with van der Waals surface area (Å²) in [5, 5.41) is 7.21. The summed E-state index contributed by atoms with van der Waals surface area (Å²) in [7, 11) is 0. The third-order valence-electron chi connectivity index (χ3n) is 12.8. The molecule has 12 aromatic rings. The van der Waals surface area contributed by atoms with Crippen molar-refractivity contribution in [2.24, 2.45) is 0 Å². The second-order valence-corrected chi connectivity index (χ2v) is 16.5. The van der Waals surface area contributed by atoms with Crippen LogP contribution in [-0.4, -0.2) is 4.68 Å². The second kappa shape index (κ2) is 15.8. The average Bonchev–Trinajstić information content (AvgIpc) is 3.69. The van der Waals surface area contributed by atoms with Crippen molar-refractivity contribution in [1.82, 2.24) is 4.68 Å². The van der Waals surface area contributed by atoms with Gasteiger partial charge in [0.15, 0.2) is 0 Å². The number of anilines is 1. The molecule has 11 aromatic carbocycles. The Labute approximate surface area is 372 Å². The normalized spacial score (nSPS) is 11.4. The molecule has 1 heterocycles. The Bertz CT molecular complexity index is 3660. The van der Waals surface area contributed by atoms with Crippen molar-refractivity contribution in [2.45, 2.75) is 0 Å². The maximum atomic E-state index is 4.04. The molecule has 0 fully saturated rings. The number of para-hydroxylation sites is 1. The molecule has 0 radical (unpaired) electrons. The Kier molecular flexibility index (Phi) is 9.20. The predicted molar refractivity (Wildman–Crippen MR) is 273 cm³/mol. The van der Waals surface area contributed by atoms with Crippen LogP contribution in [0.25, 0.3) is 110 Å². The van der Waals surface area contributed by atoms with Gasteiger partial charge in [0.2, 0.25) is 0 Å². The summed E-state index contributed by atoms with van der Waals surface area (Å²) in [5.74, 6) is 0. The third-order valence-corrected chi connectivity index (χ3v) is 12.8. The Morgan fingerprint density at radius 1 is 0.250 bits per heavy atom. The van der Waals surface area contributed by atoms with Crippen LogP contribution >= 0.6 is 0 Å². The monoisotopic (exact) mass is 814 g/mol. The van der Waals surface area contributed by atoms with Crippen molar-refractivity contribution in [3.05, 3.63) is 249 Å². The summed E-state index contributed by atoms with van der Waals surface area (Å²) in [6.07, 6.45) is 0. The Morgan fingerprint density at radius 2 is 0.656 bits per heavy atom. The largest absolute Gasteiger partial charge is 0.294 e. The first-order valence-corrected chi connectivity index (χ1v) is 22.0. The molecule has 12 rings (SSSR count). The zero-order valence-corrected chi connectivity index (χ0v) is 35.1. The van der Waals surface area contributed by atoms with Gasteiger partial charge in [0.05, 0.1) is 16.7 Å². The molecule has 0 amide bonds. The lowest BCUT2D eigenvalue weighted by molar-refractivity contribution is 1.06. The topological polar surface area (TPSA) is 17.0 Å². The van der Waals surface area contributed by atoms with Gasteiger partial charge in [-0.05, 0) is 101 Å². The van der Waals surface area contributed by atoms with Gasteiger partial charge in [-0.25, -0.2) is 0 Å². The van der Waals surface area contributed by atoms with Gasteiger partial charge < -0.3 is 0 Å². The molecule has 0 saturated carbocycles. The van der Waals surface area contributed by atoms with Crippen molar-refractivity contribution in [1.29, 1.82) is 0 Å². The number of hydrogen-bond donors (Lipinski definition) is 1. The van der Waals surface area contributed by atoms with E-state index >= 15 is 0 Å². The summed E-state index contributed by atoms with van der Waals surface area (Å²) in [6.45, 7) is 0. The highest BCUT2D eigenvalue weighted by Gasteiger charge is 2.23. The molecule has 0 unspecified atom stereocenters. The number of benzene rings is 11. The molecule has 64 heavy (non-hydrogen) atoms. The van der Waals surface area contributed by atoms with E-state index in [9.17, 15) is 0 Å². The maximum Gasteiger partial charge on any atom is 0.0794 e. The Hall–Kier alpha value is -8.46. The van der Waals surface area contributed by atoms with E-state index in [4.69, 9.17) is 0 Å². The number of aromatic nitrogens is 1. The van der Waals surface area contributed by atoms with E-state index in [2.05, 4.69) is 259 Å². The third kappa shape index (κ3) is 6.27. The standard InChI is InChI=1S/C62H42N2/c1-5-21-42(22-6-1)47-29-13-15-32-51(47)60-53-34-17-18-35-54(53)61(52-33-16-14-30-48(52)43-23-7-2-8-24-43)57-41-46(37-38-55(57)60)63-64-58-36-20-19-31-50(58)56-40-39-49(44-25-9-3-10-26-44)59(62(56)64)45-27-11-4-12-28-45/h1-41,63H. The lowest BCUT2D eigenvalue weighted by Gasteiger charge is -2.22. The van der Waals surface area contributed by atoms with Crippen molar-refractivity contribution >= 4 is 49.0 Å². The van der Waals surface area contributed by atoms with E-state index in [0.29, 0.717) is 0 Å². The molecule has 0 atom stereocenters. The van der Waals surface area contributed by atoms with Gasteiger partial charge >= 0.3 is 0 Å². The van der Waals surface area contributed by atoms with Gasteiger partial charge in [0, 0.05) is 16.3 Å². The molecule has 300 valence electrons. The summed E-state index contributed by atoms with van der Waals surface area (Å²) >= 11 is 0. The molecular weight excluding hydrogens is 773 g/mol. The minimum absolute atomic E-state index is 0.996. The van der Waals surface area contributed by atoms with E-state index < -0.39 is 0 Å². The van der Waals surface area contributed by atoms with Crippen molar-refractivity contribution < 1.29 is 0 Å². The summed E-state index contributed by atoms with van der Waals surface area (Å²) in [6, 6.07) is 90.3. The van der Waals surface area contributed by atoms with Crippen LogP contribution in [0.15, 0.2) is 249 Å². The first-order chi connectivity index (χ1) is 31.8. The van der Waals surface area contributed by atoms with Crippen LogP contribution in [0.3, 0.4) is 0 Å². The fraction of sp³-hybridized carbons (Fsp3) is 0. The number of nitrogens with one attached hydrogen (secondary N) is 1. The molecule has 2 heteroatoms. The average molecular weight is 815 g/mol. The molecular formula is C62H42N2. The molecule has 0 spiro atoms. The van der Waals surface area contributed by atoms with Crippen molar-refractivity contribution in [3.8, 4) is 66.8 Å². The molecule has 0 aliphatic rings. The lowest BCUT2D eigenvalue weighted by atomic mass is 9.82. The Morgan fingerprint density at radius 3 is 1.22 bits per heavy atom. The van der Waals surface area contributed by atoms with Crippen LogP contribution in [0.1, 0.15) is 0 Å². The fourth-order valence-electron chi connectivity index (χ4n) is 10.0. The number of nitrogens with zero attached hydrogens (tertiary/aromatic N) is 1. The summed E-state index contributed by atoms with van der Waals surface area (Å²) in [5.41, 5.74) is 21.7. The van der Waals surface area contributed by atoms with Gasteiger partial charge in [-0.1, -0.05) is 231 Å². The van der Waals surface area contributed by atoms with Gasteiger partial charge in [-0.2, -0.15) is 0 Å². The minimum Gasteiger partial charge on any atom is -0.294 e. The van der Waals surface area contributed by atoms with E-state index in [-0.39, 0.29) is 0 Å². The van der Waals surface area contributed by atoms with Crippen LogP contribution in [-0.2, 0) is 0 Å². The SMILES string of the molecule is c1ccc(-c2ccccc2-c2c3ccccc3c(-c3ccccc3-c3ccccc3)c3cc(Nn4c5ccccc5c5ccc(-c6ccccc6)c(-c6ccccc6)c54)ccc23)cc1. The molecule has 0 aliphatic heterocycles. The smallest absolute Gasteiger partial charge is 0.0794 e. The highest BCUT2D eigenvalue weighted by atomic mass is 15.4. The first kappa shape index (κ1) is 37.3. The molecule has 2 nitrogen and oxygen atoms in total. The number of rotatable bonds is 8. The van der Waals surface area contributed by atoms with Gasteiger partial charge in [-0.15, -0.1) is 0 Å². The van der Waals surface area contributed by atoms with Gasteiger partial charge in [-0.3, -0.25) is 10.1 Å². The van der Waals surface area contributed by atoms with Gasteiger partial charge in [0.25, 0.3) is 0 Å². The fourth-order valence-corrected chi connectivity index (χ4v) is 10.0. The lowest BCUT2D eigenvalue weighted by Crippen LogP contribution is -2.09. The summed E-state index contributed by atoms with van der Waals surface area (Å²) in [4.78, 5) is 0. The molecule has 0 saturated heterocycles. The van der Waals surface area contributed by atoms with E-state index in [0.717, 1.165) is 16.7 Å². The van der Waals surface area contributed by atoms with Crippen molar-refractivity contribution in [2.75, 3.05) is 5.43 Å². The zero-order valence-electron chi connectivity index (χ0n) is 35.1. The number of hydrogen-bond acceptors (Lipinski definition) is 1. The van der Waals surface area contributed by atoms with E-state index in [1.54, 1.807) is 0 Å². The van der Waals surface area contributed by atoms with E-state index in [1.807, 2.05) is 0 Å². The highest BCUT2D eigenvalue weighted by Crippen LogP contribution is 2.49. The highest BCUT2D eigenvalue weighted by molar-refractivity contribution is 6.24. The Balaban J connectivity index is 1.17. The van der Waals surface area contributed by atoms with Crippen LogP contribution in [0.4, 0.5) is 5.69 Å². The molecule has 0 aliphatic carbocycles. The zero-order chi connectivity index (χ0) is 42.4. The second-order valence-electron chi connectivity index (χ2n) is 16.5. The quantitative estimate of drug-likeness (QED) is 0.151. The molecule has 0 bridgehead atoms. The first-order valence-electron chi connectivity index (χ1n) is 22.0. The predicted octanol–water partition coefficient (Wildman–Crippen LogP) is 17.0. The van der Waals surface area contributed by atoms with Crippen LogP contribution in [0, 0.1) is 0 Å². The van der Waals surface area contributed by atoms with Crippen LogP contribution in [0.5, 0.6) is 0 Å². The minimum atomic E-state index is 0.996. The molecule has 1 N–H and O–H groups in total. The van der Waals surface area contributed by atoms with E-state index in [1.165, 1.54) is 99.1 Å². The van der Waals surface area contributed by atoms with Crippen LogP contribution in [0.2, 0.25) is 0 Å². The number of fused-ring (bicyclic) bond motifs is 5. The van der Waals surface area contributed by atoms with Gasteiger partial charge in [0.1, 0.15) is 0 Å². The maximum absolute atomic E-state index is 4.04. The molecule has 1 aromatic heterocycles. The van der Waals surface area contributed by atoms with Crippen molar-refractivity contribution in [3.63, 3.8) is 0 Å². The summed E-state index contributed by atoms with van der Waals surface area (Å²) < 4.78 is 2.32. The van der Waals surface area contributed by atoms with Crippen LogP contribution < -0.4 is 5.43 Å².